The molecule has 0 fully saturated rings. The Kier molecular flexibility index (Phi) is 8.77. The SMILES string of the molecule is COc1ccc(CN(C)CC[C@](C)(N[S@+]([O-])C(C)(C)C)c2cc(Br)ccc2F)cc1. The van der Waals surface area contributed by atoms with Gasteiger partial charge in [0.25, 0.3) is 0 Å². The normalized spacial score (nSPS) is 15.1. The molecule has 30 heavy (non-hydrogen) atoms. The summed E-state index contributed by atoms with van der Waals surface area (Å²) in [5, 5.41) is 0. The molecule has 2 aromatic carbocycles. The van der Waals surface area contributed by atoms with Crippen molar-refractivity contribution >= 4 is 27.3 Å². The summed E-state index contributed by atoms with van der Waals surface area (Å²) in [5.74, 6) is 0.518. The molecule has 0 saturated heterocycles. The van der Waals surface area contributed by atoms with Crippen LogP contribution in [-0.4, -0.2) is 34.9 Å². The van der Waals surface area contributed by atoms with E-state index < -0.39 is 21.6 Å². The highest BCUT2D eigenvalue weighted by molar-refractivity contribution is 9.10. The van der Waals surface area contributed by atoms with Crippen molar-refractivity contribution < 1.29 is 13.7 Å². The van der Waals surface area contributed by atoms with Crippen molar-refractivity contribution in [2.45, 2.75) is 50.9 Å². The predicted molar refractivity (Wildman–Crippen MR) is 126 cm³/mol. The van der Waals surface area contributed by atoms with Gasteiger partial charge in [0.15, 0.2) is 0 Å². The standard InChI is InChI=1S/C23H32BrFN2O2S/c1-22(2,3)30(28)26-23(4,20-15-18(24)9-12-21(20)25)13-14-27(5)16-17-7-10-19(29-6)11-8-17/h7-12,15,26H,13-14,16H2,1-6H3/t23-,30+/m0/s1. The Morgan fingerprint density at radius 3 is 2.33 bits per heavy atom. The first kappa shape index (κ1) is 25.1. The van der Waals surface area contributed by atoms with E-state index >= 15 is 0 Å². The van der Waals surface area contributed by atoms with Gasteiger partial charge in [-0.1, -0.05) is 28.1 Å². The summed E-state index contributed by atoms with van der Waals surface area (Å²) in [5.41, 5.74) is 0.882. The number of nitrogens with one attached hydrogen (secondary N) is 1. The molecule has 4 nitrogen and oxygen atoms in total. The number of benzene rings is 2. The average molecular weight is 499 g/mol. The zero-order valence-electron chi connectivity index (χ0n) is 18.6. The first-order valence-electron chi connectivity index (χ1n) is 9.91. The Bertz CT molecular complexity index is 829. The zero-order chi connectivity index (χ0) is 22.5. The highest BCUT2D eigenvalue weighted by atomic mass is 79.9. The van der Waals surface area contributed by atoms with Gasteiger partial charge in [-0.25, -0.2) is 4.39 Å². The number of hydrogen-bond donors (Lipinski definition) is 1. The van der Waals surface area contributed by atoms with Crippen molar-refractivity contribution in [3.63, 3.8) is 0 Å². The molecule has 7 heteroatoms. The lowest BCUT2D eigenvalue weighted by Crippen LogP contribution is -2.51. The van der Waals surface area contributed by atoms with E-state index in [0.717, 1.165) is 16.8 Å². The Hall–Kier alpha value is -1.12. The van der Waals surface area contributed by atoms with Gasteiger partial charge in [-0.15, -0.1) is 4.72 Å². The number of ether oxygens (including phenoxy) is 1. The number of hydrogen-bond acceptors (Lipinski definition) is 4. The Morgan fingerprint density at radius 2 is 1.77 bits per heavy atom. The largest absolute Gasteiger partial charge is 0.598 e. The third-order valence-corrected chi connectivity index (χ3v) is 7.24. The van der Waals surface area contributed by atoms with E-state index in [1.807, 2.05) is 59.0 Å². The van der Waals surface area contributed by atoms with Gasteiger partial charge in [0.05, 0.1) is 12.6 Å². The lowest BCUT2D eigenvalue weighted by atomic mass is 9.89. The topological polar surface area (TPSA) is 47.6 Å². The highest BCUT2D eigenvalue weighted by Crippen LogP contribution is 2.32. The minimum Gasteiger partial charge on any atom is -0.598 e. The Morgan fingerprint density at radius 1 is 1.13 bits per heavy atom. The van der Waals surface area contributed by atoms with Crippen LogP contribution >= 0.6 is 15.9 Å². The van der Waals surface area contributed by atoms with Gasteiger partial charge in [-0.05, 0) is 77.1 Å². The van der Waals surface area contributed by atoms with Crippen LogP contribution in [0.3, 0.4) is 0 Å². The lowest BCUT2D eigenvalue weighted by molar-refractivity contribution is 0.267. The van der Waals surface area contributed by atoms with Crippen molar-refractivity contribution in [3.8, 4) is 5.75 Å². The van der Waals surface area contributed by atoms with Gasteiger partial charge in [0.2, 0.25) is 0 Å². The third kappa shape index (κ3) is 6.95. The number of halogens is 2. The van der Waals surface area contributed by atoms with Crippen LogP contribution in [-0.2, 0) is 23.4 Å². The fraction of sp³-hybridized carbons (Fsp3) is 0.478. The van der Waals surface area contributed by atoms with Crippen molar-refractivity contribution in [1.29, 1.82) is 0 Å². The fourth-order valence-corrected chi connectivity index (χ4v) is 4.34. The van der Waals surface area contributed by atoms with E-state index in [4.69, 9.17) is 4.74 Å². The van der Waals surface area contributed by atoms with Crippen molar-refractivity contribution in [3.05, 3.63) is 63.9 Å². The number of nitrogens with zero attached hydrogens (tertiary/aromatic N) is 1. The first-order valence-corrected chi connectivity index (χ1v) is 11.9. The number of rotatable bonds is 9. The zero-order valence-corrected chi connectivity index (χ0v) is 21.0. The molecule has 0 saturated carbocycles. The van der Waals surface area contributed by atoms with Crippen LogP contribution in [0.5, 0.6) is 5.75 Å². The molecule has 2 rings (SSSR count). The van der Waals surface area contributed by atoms with Gasteiger partial charge >= 0.3 is 0 Å². The van der Waals surface area contributed by atoms with Gasteiger partial charge in [0, 0.05) is 34.5 Å². The van der Waals surface area contributed by atoms with Gasteiger partial charge in [0.1, 0.15) is 16.3 Å². The molecule has 0 spiro atoms. The van der Waals surface area contributed by atoms with Crippen LogP contribution in [0.15, 0.2) is 46.9 Å². The second-order valence-electron chi connectivity index (χ2n) is 8.78. The molecule has 0 unspecified atom stereocenters. The van der Waals surface area contributed by atoms with E-state index in [1.54, 1.807) is 19.2 Å². The molecule has 0 amide bonds. The second-order valence-corrected chi connectivity index (χ2v) is 11.7. The van der Waals surface area contributed by atoms with E-state index in [0.29, 0.717) is 18.5 Å². The van der Waals surface area contributed by atoms with E-state index in [2.05, 4.69) is 25.6 Å². The van der Waals surface area contributed by atoms with Gasteiger partial charge in [-0.2, -0.15) is 0 Å². The Balaban J connectivity index is 2.18. The summed E-state index contributed by atoms with van der Waals surface area (Å²) >= 11 is 2.10. The third-order valence-electron chi connectivity index (χ3n) is 5.00. The minimum atomic E-state index is -1.34. The van der Waals surface area contributed by atoms with E-state index in [1.165, 1.54) is 11.6 Å². The summed E-state index contributed by atoms with van der Waals surface area (Å²) < 4.78 is 36.4. The highest BCUT2D eigenvalue weighted by Gasteiger charge is 2.38. The molecule has 0 heterocycles. The minimum absolute atomic E-state index is 0.308. The summed E-state index contributed by atoms with van der Waals surface area (Å²) in [6.45, 7) is 9.09. The first-order chi connectivity index (χ1) is 13.9. The van der Waals surface area contributed by atoms with Crippen LogP contribution in [0.4, 0.5) is 4.39 Å². The maximum Gasteiger partial charge on any atom is 0.136 e. The fourth-order valence-electron chi connectivity index (χ4n) is 3.05. The monoisotopic (exact) mass is 498 g/mol. The molecule has 0 aromatic heterocycles. The van der Waals surface area contributed by atoms with Crippen LogP contribution in [0.2, 0.25) is 0 Å². The van der Waals surface area contributed by atoms with Crippen molar-refractivity contribution in [2.75, 3.05) is 20.7 Å². The second kappa shape index (κ2) is 10.5. The quantitative estimate of drug-likeness (QED) is 0.471. The molecular weight excluding hydrogens is 467 g/mol. The molecule has 0 radical (unpaired) electrons. The molecule has 0 aliphatic heterocycles. The molecule has 0 bridgehead atoms. The maximum absolute atomic E-state index is 14.8. The molecule has 166 valence electrons. The average Bonchev–Trinajstić information content (AvgIpc) is 2.68. The molecule has 2 aromatic rings. The predicted octanol–water partition coefficient (Wildman–Crippen LogP) is 5.39. The summed E-state index contributed by atoms with van der Waals surface area (Å²) in [6, 6.07) is 12.9. The molecule has 0 aliphatic rings. The summed E-state index contributed by atoms with van der Waals surface area (Å²) in [4.78, 5) is 2.18. The van der Waals surface area contributed by atoms with Gasteiger partial charge < -0.3 is 14.2 Å². The van der Waals surface area contributed by atoms with Crippen LogP contribution in [0, 0.1) is 5.82 Å². The smallest absolute Gasteiger partial charge is 0.136 e. The lowest BCUT2D eigenvalue weighted by Gasteiger charge is -2.36. The number of methoxy groups -OCH3 is 1. The molecular formula is C23H32BrFN2O2S. The van der Waals surface area contributed by atoms with E-state index in [-0.39, 0.29) is 5.82 Å². The van der Waals surface area contributed by atoms with Crippen LogP contribution in [0.1, 0.15) is 45.2 Å². The Labute approximate surface area is 191 Å². The molecule has 2 atom stereocenters. The van der Waals surface area contributed by atoms with Crippen molar-refractivity contribution in [2.24, 2.45) is 0 Å². The summed E-state index contributed by atoms with van der Waals surface area (Å²) in [7, 11) is 3.68. The van der Waals surface area contributed by atoms with Crippen molar-refractivity contribution in [1.82, 2.24) is 9.62 Å². The van der Waals surface area contributed by atoms with Crippen LogP contribution in [0.25, 0.3) is 0 Å². The molecule has 0 aliphatic carbocycles. The van der Waals surface area contributed by atoms with E-state index in [9.17, 15) is 8.94 Å². The molecule has 1 N–H and O–H groups in total. The summed E-state index contributed by atoms with van der Waals surface area (Å²) in [6.07, 6.45) is 0.592. The van der Waals surface area contributed by atoms with Crippen LogP contribution < -0.4 is 9.46 Å². The van der Waals surface area contributed by atoms with Gasteiger partial charge in [-0.3, -0.25) is 0 Å². The maximum atomic E-state index is 14.8.